The van der Waals surface area contributed by atoms with Crippen molar-refractivity contribution in [1.29, 1.82) is 0 Å². The molecule has 25 heavy (non-hydrogen) atoms. The predicted octanol–water partition coefficient (Wildman–Crippen LogP) is 0.814. The van der Waals surface area contributed by atoms with Gasteiger partial charge in [0.1, 0.15) is 11.2 Å². The third kappa shape index (κ3) is 5.26. The molecule has 2 amide bonds. The highest BCUT2D eigenvalue weighted by atomic mass is 32.2. The third-order valence-electron chi connectivity index (χ3n) is 4.32. The first-order valence-corrected chi connectivity index (χ1v) is 9.96. The largest absolute Gasteiger partial charge is 0.355 e. The van der Waals surface area contributed by atoms with Crippen molar-refractivity contribution in [2.24, 2.45) is 5.41 Å². The van der Waals surface area contributed by atoms with Crippen LogP contribution >= 0.6 is 0 Å². The van der Waals surface area contributed by atoms with Gasteiger partial charge in [0.15, 0.2) is 9.84 Å². The number of carbonyl (C=O) groups is 2. The number of sulfone groups is 1. The molecule has 1 fully saturated rings. The van der Waals surface area contributed by atoms with Crippen LogP contribution in [0.4, 0.5) is 4.39 Å². The molecule has 6 nitrogen and oxygen atoms in total. The maximum atomic E-state index is 12.8. The Labute approximate surface area is 147 Å². The highest BCUT2D eigenvalue weighted by Crippen LogP contribution is 2.18. The molecular formula is C17H23FN2O4S. The smallest absolute Gasteiger partial charge is 0.235 e. The van der Waals surface area contributed by atoms with E-state index in [1.807, 2.05) is 0 Å². The molecule has 2 rings (SSSR count). The van der Waals surface area contributed by atoms with E-state index in [1.165, 1.54) is 26.0 Å². The molecular weight excluding hydrogens is 347 g/mol. The number of halogens is 1. The van der Waals surface area contributed by atoms with Crippen molar-refractivity contribution in [2.75, 3.05) is 18.1 Å². The molecule has 0 radical (unpaired) electrons. The van der Waals surface area contributed by atoms with Crippen LogP contribution in [0.1, 0.15) is 25.8 Å². The van der Waals surface area contributed by atoms with E-state index in [0.717, 1.165) is 5.56 Å². The molecule has 0 saturated carbocycles. The average Bonchev–Trinajstić information content (AvgIpc) is 2.87. The predicted molar refractivity (Wildman–Crippen MR) is 92.1 cm³/mol. The van der Waals surface area contributed by atoms with E-state index in [9.17, 15) is 22.4 Å². The highest BCUT2D eigenvalue weighted by molar-refractivity contribution is 7.91. The first-order valence-electron chi connectivity index (χ1n) is 8.14. The third-order valence-corrected chi connectivity index (χ3v) is 6.08. The topological polar surface area (TPSA) is 92.3 Å². The molecule has 8 heteroatoms. The van der Waals surface area contributed by atoms with Crippen molar-refractivity contribution in [2.45, 2.75) is 32.7 Å². The van der Waals surface area contributed by atoms with Gasteiger partial charge in [0.2, 0.25) is 11.8 Å². The quantitative estimate of drug-likeness (QED) is 0.725. The molecule has 1 aliphatic rings. The van der Waals surface area contributed by atoms with Crippen molar-refractivity contribution in [3.8, 4) is 0 Å². The minimum Gasteiger partial charge on any atom is -0.355 e. The van der Waals surface area contributed by atoms with E-state index >= 15 is 0 Å². The summed E-state index contributed by atoms with van der Waals surface area (Å²) < 4.78 is 35.7. The number of benzene rings is 1. The maximum Gasteiger partial charge on any atom is 0.235 e. The molecule has 138 valence electrons. The highest BCUT2D eigenvalue weighted by Gasteiger charge is 2.38. The Balaban J connectivity index is 1.84. The van der Waals surface area contributed by atoms with Gasteiger partial charge < -0.3 is 10.6 Å². The lowest BCUT2D eigenvalue weighted by Gasteiger charge is -2.24. The Morgan fingerprint density at radius 1 is 1.20 bits per heavy atom. The summed E-state index contributed by atoms with van der Waals surface area (Å²) in [7, 11) is -3.10. The van der Waals surface area contributed by atoms with Gasteiger partial charge in [-0.05, 0) is 44.4 Å². The summed E-state index contributed by atoms with van der Waals surface area (Å²) in [6.45, 7) is 3.32. The summed E-state index contributed by atoms with van der Waals surface area (Å²) in [5, 5.41) is 5.35. The van der Waals surface area contributed by atoms with Crippen LogP contribution in [0.25, 0.3) is 0 Å². The van der Waals surface area contributed by atoms with Crippen LogP contribution in [0.2, 0.25) is 0 Å². The minimum absolute atomic E-state index is 0.0578. The second-order valence-corrected chi connectivity index (χ2v) is 9.06. The normalized spacial score (nSPS) is 19.4. The van der Waals surface area contributed by atoms with Crippen molar-refractivity contribution in [3.05, 3.63) is 35.6 Å². The van der Waals surface area contributed by atoms with Gasteiger partial charge in [-0.1, -0.05) is 12.1 Å². The first-order chi connectivity index (χ1) is 11.6. The zero-order valence-electron chi connectivity index (χ0n) is 14.3. The van der Waals surface area contributed by atoms with Crippen LogP contribution in [0, 0.1) is 11.2 Å². The maximum absolute atomic E-state index is 12.8. The molecule has 1 aromatic rings. The Hall–Kier alpha value is -1.96. The molecule has 0 aromatic heterocycles. The van der Waals surface area contributed by atoms with Gasteiger partial charge in [-0.15, -0.1) is 0 Å². The van der Waals surface area contributed by atoms with E-state index in [4.69, 9.17) is 0 Å². The lowest BCUT2D eigenvalue weighted by atomic mass is 9.90. The van der Waals surface area contributed by atoms with Crippen LogP contribution in [0.3, 0.4) is 0 Å². The second-order valence-electron chi connectivity index (χ2n) is 6.83. The summed E-state index contributed by atoms with van der Waals surface area (Å²) in [4.78, 5) is 24.6. The van der Waals surface area contributed by atoms with E-state index in [-0.39, 0.29) is 17.3 Å². The van der Waals surface area contributed by atoms with Gasteiger partial charge in [-0.25, -0.2) is 12.8 Å². The van der Waals surface area contributed by atoms with Crippen LogP contribution in [0.15, 0.2) is 24.3 Å². The molecule has 0 bridgehead atoms. The number of carbonyl (C=O) groups excluding carboxylic acids is 2. The van der Waals surface area contributed by atoms with Crippen LogP contribution in [-0.4, -0.2) is 44.3 Å². The molecule has 1 heterocycles. The molecule has 1 saturated heterocycles. The van der Waals surface area contributed by atoms with Gasteiger partial charge in [0.25, 0.3) is 0 Å². The first kappa shape index (κ1) is 19.4. The number of nitrogens with one attached hydrogen (secondary N) is 2. The second kappa shape index (κ2) is 7.51. The molecule has 0 aliphatic carbocycles. The lowest BCUT2D eigenvalue weighted by molar-refractivity contribution is -0.141. The molecule has 2 N–H and O–H groups in total. The molecule has 1 unspecified atom stereocenters. The summed E-state index contributed by atoms with van der Waals surface area (Å²) in [6.07, 6.45) is 0.890. The van der Waals surface area contributed by atoms with Crippen molar-refractivity contribution >= 4 is 21.7 Å². The molecule has 1 aliphatic heterocycles. The summed E-state index contributed by atoms with van der Waals surface area (Å²) in [6, 6.07) is 5.54. The van der Waals surface area contributed by atoms with Crippen LogP contribution in [-0.2, 0) is 25.8 Å². The van der Waals surface area contributed by atoms with Gasteiger partial charge >= 0.3 is 0 Å². The zero-order chi connectivity index (χ0) is 18.7. The number of amides is 2. The monoisotopic (exact) mass is 370 g/mol. The van der Waals surface area contributed by atoms with Gasteiger partial charge in [-0.2, -0.15) is 0 Å². The zero-order valence-corrected chi connectivity index (χ0v) is 15.2. The Kier molecular flexibility index (Phi) is 5.82. The summed E-state index contributed by atoms with van der Waals surface area (Å²) in [5.74, 6) is -1.27. The number of hydrogen-bond acceptors (Lipinski definition) is 4. The van der Waals surface area contributed by atoms with E-state index in [0.29, 0.717) is 19.4 Å². The fourth-order valence-electron chi connectivity index (χ4n) is 2.57. The molecule has 0 spiro atoms. The van der Waals surface area contributed by atoms with Crippen LogP contribution < -0.4 is 10.6 Å². The minimum atomic E-state index is -3.10. The van der Waals surface area contributed by atoms with E-state index in [2.05, 4.69) is 10.6 Å². The van der Waals surface area contributed by atoms with Gasteiger partial charge in [0.05, 0.1) is 11.5 Å². The van der Waals surface area contributed by atoms with Crippen molar-refractivity contribution in [3.63, 3.8) is 0 Å². The lowest BCUT2D eigenvalue weighted by Crippen LogP contribution is -2.51. The molecule has 1 aromatic carbocycles. The standard InChI is InChI=1S/C17H23FN2O4S/c1-17(2,16(22)20-14-8-10-25(23,24)11-14)15(21)19-9-7-12-3-5-13(18)6-4-12/h3-6,14H,7-11H2,1-2H3,(H,19,21)(H,20,22). The average molecular weight is 370 g/mol. The Morgan fingerprint density at radius 3 is 2.40 bits per heavy atom. The SMILES string of the molecule is CC(C)(C(=O)NCCc1ccc(F)cc1)C(=O)NC1CCS(=O)(=O)C1. The number of rotatable bonds is 6. The summed E-state index contributed by atoms with van der Waals surface area (Å²) in [5.41, 5.74) is -0.435. The van der Waals surface area contributed by atoms with Crippen LogP contribution in [0.5, 0.6) is 0 Å². The van der Waals surface area contributed by atoms with E-state index < -0.39 is 33.1 Å². The fourth-order valence-corrected chi connectivity index (χ4v) is 4.24. The number of hydrogen-bond donors (Lipinski definition) is 2. The molecule has 1 atom stereocenters. The summed E-state index contributed by atoms with van der Waals surface area (Å²) >= 11 is 0. The van der Waals surface area contributed by atoms with Crippen molar-refractivity contribution < 1.29 is 22.4 Å². The van der Waals surface area contributed by atoms with E-state index in [1.54, 1.807) is 12.1 Å². The van der Waals surface area contributed by atoms with Gasteiger partial charge in [0, 0.05) is 12.6 Å². The van der Waals surface area contributed by atoms with Crippen molar-refractivity contribution in [1.82, 2.24) is 10.6 Å². The fraction of sp³-hybridized carbons (Fsp3) is 0.529. The Bertz CT molecular complexity index is 744. The Morgan fingerprint density at radius 2 is 1.84 bits per heavy atom. The van der Waals surface area contributed by atoms with Gasteiger partial charge in [-0.3, -0.25) is 9.59 Å².